The zero-order valence-corrected chi connectivity index (χ0v) is 37.0. The van der Waals surface area contributed by atoms with Gasteiger partial charge in [0.25, 0.3) is 0 Å². The Labute approximate surface area is 389 Å². The second-order valence-electron chi connectivity index (χ2n) is 16.3. The molecule has 1 spiro atoms. The Morgan fingerprint density at radius 3 is 2.15 bits per heavy atom. The zero-order valence-electron chi connectivity index (χ0n) is 36.2. The van der Waals surface area contributed by atoms with Crippen LogP contribution in [0.4, 0.5) is 15.6 Å². The molecule has 2 N–H and O–H groups in total. The van der Waals surface area contributed by atoms with Crippen LogP contribution in [0.3, 0.4) is 0 Å². The number of benzene rings is 6. The summed E-state index contributed by atoms with van der Waals surface area (Å²) in [7, 11) is 3.04. The van der Waals surface area contributed by atoms with Crippen LogP contribution in [0.1, 0.15) is 51.6 Å². The number of amides is 3. The highest BCUT2D eigenvalue weighted by molar-refractivity contribution is 7.22. The van der Waals surface area contributed by atoms with Crippen molar-refractivity contribution in [2.24, 2.45) is 5.92 Å². The predicted octanol–water partition coefficient (Wildman–Crippen LogP) is 8.50. The number of methoxy groups -OCH3 is 2. The molecule has 13 nitrogen and oxygen atoms in total. The van der Waals surface area contributed by atoms with Gasteiger partial charge >= 0.3 is 12.1 Å². The number of hydrogen-bond donors (Lipinski definition) is 2. The van der Waals surface area contributed by atoms with Gasteiger partial charge in [-0.25, -0.2) is 14.7 Å². The van der Waals surface area contributed by atoms with Crippen LogP contribution < -0.4 is 15.0 Å². The maximum atomic E-state index is 16.3. The quantitative estimate of drug-likeness (QED) is 0.0814. The molecule has 2 fully saturated rings. The SMILES string of the molecule is COCCOC(=O)N1C(=O)C2(c3cc(C#Cc4ccc(OC)cc4)ccc31)C(C(=O)Nc1nc3ccccc3s1)C1C(=O)OC(c3ccccc3)C(c3ccccc3)N1C2c1ccc(O)cc1. The van der Waals surface area contributed by atoms with Crippen LogP contribution in [-0.2, 0) is 34.0 Å². The van der Waals surface area contributed by atoms with Crippen molar-refractivity contribution in [1.29, 1.82) is 0 Å². The molecular formula is C53H42N4O9S. The topological polar surface area (TPSA) is 157 Å². The molecule has 1 aromatic heterocycles. The van der Waals surface area contributed by atoms with Crippen LogP contribution in [0.5, 0.6) is 11.5 Å². The van der Waals surface area contributed by atoms with Crippen molar-refractivity contribution in [2.75, 3.05) is 37.7 Å². The molecule has 67 heavy (non-hydrogen) atoms. The molecule has 3 aliphatic heterocycles. The van der Waals surface area contributed by atoms with Crippen molar-refractivity contribution in [2.45, 2.75) is 29.6 Å². The minimum absolute atomic E-state index is 0.0464. The normalized spacial score (nSPS) is 21.8. The van der Waals surface area contributed by atoms with E-state index in [1.165, 1.54) is 30.6 Å². The van der Waals surface area contributed by atoms with E-state index < -0.39 is 59.4 Å². The van der Waals surface area contributed by atoms with Gasteiger partial charge < -0.3 is 29.4 Å². The fourth-order valence-corrected chi connectivity index (χ4v) is 10.7. The van der Waals surface area contributed by atoms with Gasteiger partial charge in [-0.05, 0) is 89.0 Å². The number of phenols is 1. The second-order valence-corrected chi connectivity index (χ2v) is 17.3. The van der Waals surface area contributed by atoms with E-state index in [0.29, 0.717) is 33.5 Å². The lowest BCUT2D eigenvalue weighted by molar-refractivity contribution is -0.177. The molecule has 6 aromatic carbocycles. The summed E-state index contributed by atoms with van der Waals surface area (Å²) in [5.41, 5.74) is 2.01. The number of phenolic OH excluding ortho intramolecular Hbond substituents is 1. The summed E-state index contributed by atoms with van der Waals surface area (Å²) < 4.78 is 23.6. The fraction of sp³-hybridized carbons (Fsp3) is 0.189. The molecule has 3 aliphatic rings. The minimum atomic E-state index is -2.08. The number of aromatic nitrogens is 1. The Balaban J connectivity index is 1.26. The lowest BCUT2D eigenvalue weighted by atomic mass is 9.65. The smallest absolute Gasteiger partial charge is 0.421 e. The maximum Gasteiger partial charge on any atom is 0.421 e. The summed E-state index contributed by atoms with van der Waals surface area (Å²) in [6.07, 6.45) is -1.93. The number of aromatic hydroxyl groups is 1. The maximum absolute atomic E-state index is 16.3. The third-order valence-electron chi connectivity index (χ3n) is 12.6. The molecule has 0 radical (unpaired) electrons. The van der Waals surface area contributed by atoms with Gasteiger partial charge in [-0.15, -0.1) is 0 Å². The first kappa shape index (κ1) is 43.1. The Bertz CT molecular complexity index is 3050. The van der Waals surface area contributed by atoms with E-state index in [4.69, 9.17) is 23.9 Å². The minimum Gasteiger partial charge on any atom is -0.508 e. The van der Waals surface area contributed by atoms with E-state index in [2.05, 4.69) is 17.2 Å². The number of para-hydroxylation sites is 1. The van der Waals surface area contributed by atoms with E-state index in [1.807, 2.05) is 102 Å². The van der Waals surface area contributed by atoms with Gasteiger partial charge in [0, 0.05) is 18.2 Å². The highest BCUT2D eigenvalue weighted by atomic mass is 32.1. The number of carbonyl (C=O) groups is 4. The van der Waals surface area contributed by atoms with Gasteiger partial charge in [-0.1, -0.05) is 108 Å². The standard InChI is InChI=1S/C53H42N4O9S/c1-63-29-30-65-52(62)56-41-28-21-33(18-17-32-19-26-38(64-2)27-20-32)31-39(41)53(50(56)61)43(48(59)55-51-54-40-15-9-10-16-42(40)67-51)45-49(60)66-46(35-13-7-4-8-14-35)44(34-11-5-3-6-12-34)57(45)47(53)36-22-24-37(58)25-23-36/h3-16,19-28,31,43-47,58H,29-30H2,1-2H3,(H,54,55,59). The summed E-state index contributed by atoms with van der Waals surface area (Å²) in [5, 5.41) is 14.0. The van der Waals surface area contributed by atoms with Gasteiger partial charge in [0.2, 0.25) is 11.8 Å². The molecule has 7 aromatic rings. The lowest BCUT2D eigenvalue weighted by Gasteiger charge is -2.46. The molecule has 0 saturated carbocycles. The van der Waals surface area contributed by atoms with Gasteiger partial charge in [0.1, 0.15) is 35.7 Å². The van der Waals surface area contributed by atoms with Crippen LogP contribution in [0.2, 0.25) is 0 Å². The highest BCUT2D eigenvalue weighted by Gasteiger charge is 2.76. The average Bonchev–Trinajstić information content (AvgIpc) is 4.00. The molecule has 0 aliphatic carbocycles. The number of cyclic esters (lactones) is 1. The lowest BCUT2D eigenvalue weighted by Crippen LogP contribution is -2.54. The van der Waals surface area contributed by atoms with Gasteiger partial charge in [0.05, 0.1) is 47.6 Å². The van der Waals surface area contributed by atoms with Crippen LogP contribution in [0.15, 0.2) is 152 Å². The van der Waals surface area contributed by atoms with Crippen LogP contribution >= 0.6 is 11.3 Å². The third-order valence-corrected chi connectivity index (χ3v) is 13.6. The molecule has 6 atom stereocenters. The summed E-state index contributed by atoms with van der Waals surface area (Å²) in [4.78, 5) is 69.5. The van der Waals surface area contributed by atoms with E-state index in [-0.39, 0.29) is 35.3 Å². The fourth-order valence-electron chi connectivity index (χ4n) is 9.83. The summed E-state index contributed by atoms with van der Waals surface area (Å²) >= 11 is 1.24. The summed E-state index contributed by atoms with van der Waals surface area (Å²) in [6, 6.07) is 41.4. The molecule has 0 bridgehead atoms. The number of fused-ring (bicyclic) bond motifs is 4. The van der Waals surface area contributed by atoms with E-state index in [0.717, 1.165) is 15.2 Å². The van der Waals surface area contributed by atoms with E-state index in [9.17, 15) is 9.90 Å². The summed E-state index contributed by atoms with van der Waals surface area (Å²) in [5.74, 6) is 3.19. The number of anilines is 2. The highest BCUT2D eigenvalue weighted by Crippen LogP contribution is 2.66. The number of rotatable bonds is 9. The van der Waals surface area contributed by atoms with Crippen molar-refractivity contribution in [3.05, 3.63) is 185 Å². The molecule has 3 amide bonds. The van der Waals surface area contributed by atoms with E-state index >= 15 is 14.4 Å². The molecule has 14 heteroatoms. The first-order valence-corrected chi connectivity index (χ1v) is 22.4. The monoisotopic (exact) mass is 910 g/mol. The van der Waals surface area contributed by atoms with Crippen molar-refractivity contribution in [3.63, 3.8) is 0 Å². The molecular weight excluding hydrogens is 869 g/mol. The summed E-state index contributed by atoms with van der Waals surface area (Å²) in [6.45, 7) is -0.123. The Morgan fingerprint density at radius 1 is 0.776 bits per heavy atom. The number of thiazole rings is 1. The number of ether oxygens (including phenoxy) is 4. The van der Waals surface area contributed by atoms with Crippen LogP contribution in [-0.4, -0.2) is 72.3 Å². The van der Waals surface area contributed by atoms with Crippen molar-refractivity contribution < 1.29 is 43.2 Å². The number of imide groups is 1. The molecule has 2 saturated heterocycles. The molecule has 334 valence electrons. The number of carbonyl (C=O) groups excluding carboxylic acids is 4. The Kier molecular flexibility index (Phi) is 11.5. The van der Waals surface area contributed by atoms with Crippen molar-refractivity contribution >= 4 is 56.2 Å². The molecule has 6 unspecified atom stereocenters. The number of nitrogens with zero attached hydrogens (tertiary/aromatic N) is 3. The Morgan fingerprint density at radius 2 is 1.45 bits per heavy atom. The molecule has 4 heterocycles. The Hall–Kier alpha value is -7.83. The number of esters is 1. The van der Waals surface area contributed by atoms with Crippen LogP contribution in [0.25, 0.3) is 10.2 Å². The average molecular weight is 911 g/mol. The number of hydrogen-bond acceptors (Lipinski definition) is 12. The van der Waals surface area contributed by atoms with Gasteiger partial charge in [-0.3, -0.25) is 19.3 Å². The van der Waals surface area contributed by atoms with Crippen molar-refractivity contribution in [1.82, 2.24) is 9.88 Å². The van der Waals surface area contributed by atoms with Crippen LogP contribution in [0, 0.1) is 17.8 Å². The first-order chi connectivity index (χ1) is 32.7. The number of nitrogens with one attached hydrogen (secondary N) is 1. The molecule has 10 rings (SSSR count). The largest absolute Gasteiger partial charge is 0.508 e. The van der Waals surface area contributed by atoms with E-state index in [1.54, 1.807) is 49.6 Å². The van der Waals surface area contributed by atoms with Gasteiger partial charge in [-0.2, -0.15) is 0 Å². The predicted molar refractivity (Wildman–Crippen MR) is 250 cm³/mol. The second kappa shape index (κ2) is 17.9. The first-order valence-electron chi connectivity index (χ1n) is 21.5. The third kappa shape index (κ3) is 7.53. The van der Waals surface area contributed by atoms with Crippen molar-refractivity contribution in [3.8, 4) is 23.3 Å². The zero-order chi connectivity index (χ0) is 46.2. The number of morpholine rings is 1. The van der Waals surface area contributed by atoms with Gasteiger partial charge in [0.15, 0.2) is 5.13 Å².